The number of ether oxygens (including phenoxy) is 1. The predicted molar refractivity (Wildman–Crippen MR) is 95.3 cm³/mol. The van der Waals surface area contributed by atoms with Crippen molar-refractivity contribution in [3.63, 3.8) is 0 Å². The van der Waals surface area contributed by atoms with E-state index in [1.165, 1.54) is 5.56 Å². The minimum atomic E-state index is 0.164. The summed E-state index contributed by atoms with van der Waals surface area (Å²) in [5.41, 5.74) is 3.77. The summed E-state index contributed by atoms with van der Waals surface area (Å²) in [5.74, 6) is 1.88. The van der Waals surface area contributed by atoms with Gasteiger partial charge in [0, 0.05) is 17.7 Å². The molecule has 1 aliphatic heterocycles. The number of nitrogens with zero attached hydrogens (tertiary/aromatic N) is 1. The van der Waals surface area contributed by atoms with Gasteiger partial charge in [0.2, 0.25) is 0 Å². The molecule has 23 heavy (non-hydrogen) atoms. The normalized spacial score (nSPS) is 14.3. The molecule has 0 fully saturated rings. The Labute approximate surface area is 138 Å². The average molecular weight is 308 g/mol. The van der Waals surface area contributed by atoms with Crippen molar-refractivity contribution in [1.82, 2.24) is 5.32 Å². The van der Waals surface area contributed by atoms with E-state index in [0.29, 0.717) is 6.61 Å². The van der Waals surface area contributed by atoms with Gasteiger partial charge in [0.25, 0.3) is 0 Å². The molecule has 1 heterocycles. The molecule has 0 radical (unpaired) electrons. The highest BCUT2D eigenvalue weighted by atomic mass is 16.5. The van der Waals surface area contributed by atoms with E-state index in [4.69, 9.17) is 4.74 Å². The highest BCUT2D eigenvalue weighted by Gasteiger charge is 2.14. The fraction of sp³-hybridized carbons (Fsp3) is 0.350. The molecule has 2 aromatic rings. The summed E-state index contributed by atoms with van der Waals surface area (Å²) < 4.78 is 5.98. The first-order valence-corrected chi connectivity index (χ1v) is 8.14. The molecule has 1 N–H and O–H groups in total. The van der Waals surface area contributed by atoms with Crippen LogP contribution in [0.5, 0.6) is 5.75 Å². The standard InChI is InChI=1S/C20H24N2O/c1-20(2,3)16-8-10-17(11-9-16)23-14-15-6-4-5-7-18(15)19-21-12-13-22-19/h4-11H,12-14H2,1-3H3,(H,21,22). The second-order valence-corrected chi connectivity index (χ2v) is 6.88. The van der Waals surface area contributed by atoms with Crippen LogP contribution in [0.3, 0.4) is 0 Å². The minimum absolute atomic E-state index is 0.164. The van der Waals surface area contributed by atoms with Crippen LogP contribution in [0.2, 0.25) is 0 Å². The topological polar surface area (TPSA) is 33.6 Å². The first kappa shape index (κ1) is 15.6. The highest BCUT2D eigenvalue weighted by molar-refractivity contribution is 6.00. The van der Waals surface area contributed by atoms with Gasteiger partial charge >= 0.3 is 0 Å². The molecule has 0 aromatic heterocycles. The molecule has 0 amide bonds. The van der Waals surface area contributed by atoms with Gasteiger partial charge in [-0.2, -0.15) is 0 Å². The maximum Gasteiger partial charge on any atom is 0.128 e. The Morgan fingerprint density at radius 3 is 2.43 bits per heavy atom. The van der Waals surface area contributed by atoms with Crippen molar-refractivity contribution < 1.29 is 4.74 Å². The van der Waals surface area contributed by atoms with Crippen molar-refractivity contribution in [3.8, 4) is 5.75 Å². The summed E-state index contributed by atoms with van der Waals surface area (Å²) in [6, 6.07) is 16.7. The second-order valence-electron chi connectivity index (χ2n) is 6.88. The van der Waals surface area contributed by atoms with Crippen molar-refractivity contribution in [2.24, 2.45) is 4.99 Å². The minimum Gasteiger partial charge on any atom is -0.489 e. The Balaban J connectivity index is 1.71. The Morgan fingerprint density at radius 2 is 1.78 bits per heavy atom. The molecular weight excluding hydrogens is 284 g/mol. The van der Waals surface area contributed by atoms with Crippen LogP contribution in [0, 0.1) is 0 Å². The van der Waals surface area contributed by atoms with E-state index in [1.54, 1.807) is 0 Å². The highest BCUT2D eigenvalue weighted by Crippen LogP contribution is 2.25. The van der Waals surface area contributed by atoms with Crippen molar-refractivity contribution in [3.05, 3.63) is 65.2 Å². The van der Waals surface area contributed by atoms with Crippen LogP contribution in [-0.2, 0) is 12.0 Å². The van der Waals surface area contributed by atoms with E-state index in [-0.39, 0.29) is 5.41 Å². The lowest BCUT2D eigenvalue weighted by molar-refractivity contribution is 0.305. The first-order chi connectivity index (χ1) is 11.0. The molecule has 3 rings (SSSR count). The number of rotatable bonds is 4. The molecule has 0 bridgehead atoms. The Morgan fingerprint density at radius 1 is 1.04 bits per heavy atom. The molecule has 0 unspecified atom stereocenters. The van der Waals surface area contributed by atoms with Crippen LogP contribution in [0.15, 0.2) is 53.5 Å². The van der Waals surface area contributed by atoms with Crippen LogP contribution in [0.4, 0.5) is 0 Å². The Kier molecular flexibility index (Phi) is 4.37. The van der Waals surface area contributed by atoms with Crippen LogP contribution >= 0.6 is 0 Å². The Bertz CT molecular complexity index is 696. The monoisotopic (exact) mass is 308 g/mol. The predicted octanol–water partition coefficient (Wildman–Crippen LogP) is 3.91. The molecule has 0 spiro atoms. The number of aliphatic imine (C=N–C) groups is 1. The van der Waals surface area contributed by atoms with Crippen molar-refractivity contribution in [2.75, 3.05) is 13.1 Å². The lowest BCUT2D eigenvalue weighted by atomic mass is 9.87. The molecule has 0 atom stereocenters. The molecule has 0 aliphatic carbocycles. The summed E-state index contributed by atoms with van der Waals surface area (Å²) in [6.45, 7) is 8.96. The molecule has 2 aromatic carbocycles. The molecule has 3 heteroatoms. The number of amidine groups is 1. The van der Waals surface area contributed by atoms with Gasteiger partial charge in [0.05, 0.1) is 6.54 Å². The average Bonchev–Trinajstić information content (AvgIpc) is 3.07. The van der Waals surface area contributed by atoms with E-state index in [0.717, 1.165) is 35.8 Å². The maximum atomic E-state index is 5.98. The largest absolute Gasteiger partial charge is 0.489 e. The van der Waals surface area contributed by atoms with Crippen molar-refractivity contribution >= 4 is 5.84 Å². The van der Waals surface area contributed by atoms with E-state index in [9.17, 15) is 0 Å². The van der Waals surface area contributed by atoms with Crippen LogP contribution < -0.4 is 10.1 Å². The number of hydrogen-bond donors (Lipinski definition) is 1. The third-order valence-electron chi connectivity index (χ3n) is 4.06. The van der Waals surface area contributed by atoms with Gasteiger partial charge < -0.3 is 10.1 Å². The van der Waals surface area contributed by atoms with Crippen LogP contribution in [-0.4, -0.2) is 18.9 Å². The van der Waals surface area contributed by atoms with Gasteiger partial charge in [0.1, 0.15) is 18.2 Å². The molecule has 1 aliphatic rings. The molecule has 3 nitrogen and oxygen atoms in total. The number of hydrogen-bond acceptors (Lipinski definition) is 3. The SMILES string of the molecule is CC(C)(C)c1ccc(OCc2ccccc2C2=NCCN2)cc1. The van der Waals surface area contributed by atoms with Crippen molar-refractivity contribution in [2.45, 2.75) is 32.8 Å². The van der Waals surface area contributed by atoms with Gasteiger partial charge in [-0.1, -0.05) is 57.2 Å². The molecule has 120 valence electrons. The summed E-state index contributed by atoms with van der Waals surface area (Å²) in [4.78, 5) is 4.51. The van der Waals surface area contributed by atoms with E-state index < -0.39 is 0 Å². The quantitative estimate of drug-likeness (QED) is 0.929. The second kappa shape index (κ2) is 6.45. The van der Waals surface area contributed by atoms with Gasteiger partial charge in [-0.25, -0.2) is 0 Å². The number of nitrogens with one attached hydrogen (secondary N) is 1. The summed E-state index contributed by atoms with van der Waals surface area (Å²) in [6.07, 6.45) is 0. The molecular formula is C20H24N2O. The van der Waals surface area contributed by atoms with Gasteiger partial charge in [-0.05, 0) is 23.1 Å². The van der Waals surface area contributed by atoms with E-state index >= 15 is 0 Å². The van der Waals surface area contributed by atoms with Crippen LogP contribution in [0.25, 0.3) is 0 Å². The first-order valence-electron chi connectivity index (χ1n) is 8.14. The van der Waals surface area contributed by atoms with Crippen LogP contribution in [0.1, 0.15) is 37.5 Å². The smallest absolute Gasteiger partial charge is 0.128 e. The zero-order valence-corrected chi connectivity index (χ0v) is 14.1. The fourth-order valence-corrected chi connectivity index (χ4v) is 2.67. The number of benzene rings is 2. The van der Waals surface area contributed by atoms with Gasteiger partial charge in [0.15, 0.2) is 0 Å². The zero-order valence-electron chi connectivity index (χ0n) is 14.1. The van der Waals surface area contributed by atoms with Crippen molar-refractivity contribution in [1.29, 1.82) is 0 Å². The lowest BCUT2D eigenvalue weighted by Crippen LogP contribution is -2.21. The van der Waals surface area contributed by atoms with E-state index in [2.05, 4.69) is 67.5 Å². The third kappa shape index (κ3) is 3.73. The molecule has 0 saturated carbocycles. The maximum absolute atomic E-state index is 5.98. The van der Waals surface area contributed by atoms with Gasteiger partial charge in [-0.15, -0.1) is 0 Å². The summed E-state index contributed by atoms with van der Waals surface area (Å²) >= 11 is 0. The van der Waals surface area contributed by atoms with Gasteiger partial charge in [-0.3, -0.25) is 4.99 Å². The fourth-order valence-electron chi connectivity index (χ4n) is 2.67. The summed E-state index contributed by atoms with van der Waals surface area (Å²) in [5, 5.41) is 3.33. The summed E-state index contributed by atoms with van der Waals surface area (Å²) in [7, 11) is 0. The lowest BCUT2D eigenvalue weighted by Gasteiger charge is -2.19. The van der Waals surface area contributed by atoms with E-state index in [1.807, 2.05) is 12.1 Å². The zero-order chi connectivity index (χ0) is 16.3. The Hall–Kier alpha value is -2.29. The molecule has 0 saturated heterocycles. The third-order valence-corrected chi connectivity index (χ3v) is 4.06.